The van der Waals surface area contributed by atoms with Crippen molar-refractivity contribution in [1.82, 2.24) is 14.5 Å². The summed E-state index contributed by atoms with van der Waals surface area (Å²) >= 11 is 0. The Morgan fingerprint density at radius 2 is 1.30 bits per heavy atom. The van der Waals surface area contributed by atoms with Crippen LogP contribution in [0.5, 0.6) is 5.75 Å². The van der Waals surface area contributed by atoms with Crippen molar-refractivity contribution in [2.24, 2.45) is 0 Å². The molecule has 8 aromatic rings. The summed E-state index contributed by atoms with van der Waals surface area (Å²) in [4.78, 5) is 9.63. The van der Waals surface area contributed by atoms with Crippen LogP contribution in [0.2, 0.25) is 0 Å². The van der Waals surface area contributed by atoms with Crippen molar-refractivity contribution in [3.63, 3.8) is 0 Å². The van der Waals surface area contributed by atoms with Gasteiger partial charge in [-0.05, 0) is 92.3 Å². The quantitative estimate of drug-likeness (QED) is 0.169. The van der Waals surface area contributed by atoms with Gasteiger partial charge in [-0.1, -0.05) is 179 Å². The third kappa shape index (κ3) is 9.18. The smallest absolute Gasteiger partial charge is 0.148 e. The maximum atomic E-state index is 12.4. The molecule has 0 spiro atoms. The molecule has 6 aromatic carbocycles. The molecule has 0 aliphatic rings. The number of phenolic OH excluding ortho intramolecular Hbond substituents is 1. The van der Waals surface area contributed by atoms with E-state index >= 15 is 0 Å². The van der Waals surface area contributed by atoms with Gasteiger partial charge < -0.3 is 5.11 Å². The van der Waals surface area contributed by atoms with E-state index in [0.717, 1.165) is 6.07 Å². The van der Waals surface area contributed by atoms with Crippen LogP contribution in [0.4, 0.5) is 0 Å². The minimum absolute atomic E-state index is 0. The van der Waals surface area contributed by atoms with Crippen LogP contribution in [0.25, 0.3) is 72.7 Å². The molecule has 1 N–H and O–H groups in total. The van der Waals surface area contributed by atoms with Gasteiger partial charge in [-0.25, -0.2) is 4.98 Å². The van der Waals surface area contributed by atoms with Crippen LogP contribution in [0.3, 0.4) is 0 Å². The Balaban J connectivity index is 0.0000113. The van der Waals surface area contributed by atoms with E-state index in [4.69, 9.17) is 35.1 Å². The minimum Gasteiger partial charge on any atom is -0.507 e. The van der Waals surface area contributed by atoms with Gasteiger partial charge in [0.15, 0.2) is 0 Å². The van der Waals surface area contributed by atoms with Crippen molar-refractivity contribution < 1.29 is 60.4 Å². The number of aromatic hydroxyl groups is 1. The summed E-state index contributed by atoms with van der Waals surface area (Å²) in [5.41, 5.74) is -8.62. The van der Waals surface area contributed by atoms with Crippen LogP contribution in [0.15, 0.2) is 133 Å². The Bertz CT molecular complexity index is 3980. The van der Waals surface area contributed by atoms with Crippen molar-refractivity contribution in [2.75, 3.05) is 0 Å². The molecule has 0 saturated heterocycles. The molecule has 8 rings (SSSR count). The first kappa shape index (κ1) is 24.1. The topological polar surface area (TPSA) is 50.9 Å². The van der Waals surface area contributed by atoms with E-state index < -0.39 is 127 Å². The summed E-state index contributed by atoms with van der Waals surface area (Å²) in [5.74, 6) is -0.0373. The monoisotopic (exact) mass is 1050 g/mol. The summed E-state index contributed by atoms with van der Waals surface area (Å²) in [6, 6.07) is 20.8. The third-order valence-electron chi connectivity index (χ3n) is 10.9. The number of hydrogen-bond donors (Lipinski definition) is 1. The Labute approximate surface area is 431 Å². The minimum atomic E-state index is -3.98. The maximum Gasteiger partial charge on any atom is 0.148 e. The second kappa shape index (κ2) is 17.1. The standard InChI is InChI=1S/C59H62N3O.Pt/c1-37-30-48(54(63)49(31-37)59(11,12)13)55-61-53-46(20-17-21-52(53)62(55)51-27-26-44(57(5,6)7)36-47(51)39-18-15-14-16-19-39)41-32-42(34-45(33-41)58(8,9)10)50-35-40(28-29-60-50)38-22-24-43(25-23-38)56(2,3)4;/h14-31,33-36,63H,1-13H3;/q-1;/i2D3,3D3,4D3,5D3,6D3,7D3,22D,23D,24D,25D,28D,29D,35D;. The van der Waals surface area contributed by atoms with E-state index in [2.05, 4.69) is 11.1 Å². The van der Waals surface area contributed by atoms with Crippen LogP contribution in [-0.4, -0.2) is 19.6 Å². The number of aromatic nitrogens is 3. The van der Waals surface area contributed by atoms with Gasteiger partial charge in [0.25, 0.3) is 0 Å². The van der Waals surface area contributed by atoms with Gasteiger partial charge in [-0.15, -0.1) is 29.3 Å². The summed E-state index contributed by atoms with van der Waals surface area (Å²) in [6.45, 7) is -9.61. The number of phenols is 1. The zero-order valence-electron chi connectivity index (χ0n) is 61.3. The molecule has 0 radical (unpaired) electrons. The second-order valence-corrected chi connectivity index (χ2v) is 17.9. The molecule has 4 nitrogen and oxygen atoms in total. The average Bonchev–Trinajstić information content (AvgIpc) is 1.09. The van der Waals surface area contributed by atoms with Gasteiger partial charge in [-0.2, -0.15) is 0 Å². The number of fused-ring (bicyclic) bond motifs is 1. The van der Waals surface area contributed by atoms with Crippen molar-refractivity contribution in [3.8, 4) is 67.5 Å². The van der Waals surface area contributed by atoms with Gasteiger partial charge >= 0.3 is 0 Å². The maximum absolute atomic E-state index is 12.4. The van der Waals surface area contributed by atoms with E-state index in [9.17, 15) is 9.22 Å². The molecule has 0 aliphatic heterocycles. The van der Waals surface area contributed by atoms with Crippen LogP contribution in [0.1, 0.15) is 145 Å². The van der Waals surface area contributed by atoms with E-state index in [-0.39, 0.29) is 71.8 Å². The Morgan fingerprint density at radius 1 is 0.609 bits per heavy atom. The molecule has 330 valence electrons. The number of para-hydroxylation sites is 1. The zero-order chi connectivity index (χ0) is 66.3. The molecule has 0 unspecified atom stereocenters. The Hall–Kier alpha value is -5.57. The van der Waals surface area contributed by atoms with Crippen molar-refractivity contribution >= 4 is 11.0 Å². The summed E-state index contributed by atoms with van der Waals surface area (Å²) in [5, 5.41) is 12.4. The first-order valence-corrected chi connectivity index (χ1v) is 20.2. The molecule has 64 heavy (non-hydrogen) atoms. The molecule has 0 amide bonds. The molecule has 0 saturated carbocycles. The Morgan fingerprint density at radius 3 is 1.97 bits per heavy atom. The van der Waals surface area contributed by atoms with Crippen molar-refractivity contribution in [2.45, 2.75) is 111 Å². The molecule has 2 aromatic heterocycles. The number of pyridine rings is 1. The SMILES string of the molecule is [2H]c1nc(-c2[c-]c(-c3cccc4c3nc(-c3cc(C)cc(C(C)(C)C)c3O)n4-c3ccc(C(C([2H])([2H])[2H])(C([2H])([2H])[2H])C([2H])([2H])[2H])cc3-c3ccccc3)cc(C(C)(C)C)c2)c([2H])c(-c2c([2H])c([2H])c(C(C([2H])([2H])[2H])(C([2H])([2H])[2H])C([2H])([2H])[2H])c([2H])c2[2H])c1[2H].[Pt]. The molecule has 2 heterocycles. The van der Waals surface area contributed by atoms with Crippen molar-refractivity contribution in [1.29, 1.82) is 0 Å². The predicted molar refractivity (Wildman–Crippen MR) is 266 cm³/mol. The number of nitrogens with zero attached hydrogens (tertiary/aromatic N) is 3. The molecule has 0 atom stereocenters. The van der Waals surface area contributed by atoms with Gasteiger partial charge in [0.1, 0.15) is 11.6 Å². The predicted octanol–water partition coefficient (Wildman–Crippen LogP) is 15.8. The molecule has 0 fully saturated rings. The van der Waals surface area contributed by atoms with Crippen LogP contribution >= 0.6 is 0 Å². The fraction of sp³-hybridized carbons (Fsp3) is 0.288. The summed E-state index contributed by atoms with van der Waals surface area (Å²) in [6.07, 6.45) is -0.841. The van der Waals surface area contributed by atoms with Crippen LogP contribution < -0.4 is 0 Å². The Kier molecular flexibility index (Phi) is 6.44. The number of aryl methyl sites for hydroxylation is 1. The van der Waals surface area contributed by atoms with Gasteiger partial charge in [0.05, 0.1) is 31.9 Å². The molecule has 0 aliphatic carbocycles. The number of benzene rings is 6. The van der Waals surface area contributed by atoms with E-state index in [0.29, 0.717) is 33.3 Å². The zero-order valence-corrected chi connectivity index (χ0v) is 38.5. The largest absolute Gasteiger partial charge is 0.507 e. The second-order valence-electron chi connectivity index (χ2n) is 17.9. The summed E-state index contributed by atoms with van der Waals surface area (Å²) in [7, 11) is 0. The number of rotatable bonds is 6. The van der Waals surface area contributed by atoms with Crippen LogP contribution in [0, 0.1) is 13.0 Å². The number of imidazole rings is 1. The van der Waals surface area contributed by atoms with Gasteiger partial charge in [0.2, 0.25) is 0 Å². The van der Waals surface area contributed by atoms with Crippen molar-refractivity contribution in [3.05, 3.63) is 167 Å². The first-order chi connectivity index (χ1) is 40.0. The summed E-state index contributed by atoms with van der Waals surface area (Å²) < 4.78 is 218. The third-order valence-corrected chi connectivity index (χ3v) is 10.9. The molecular weight excluding hydrogens is 962 g/mol. The first-order valence-electron chi connectivity index (χ1n) is 32.7. The average molecular weight is 1050 g/mol. The normalized spacial score (nSPS) is 19.3. The fourth-order valence-electron chi connectivity index (χ4n) is 7.55. The van der Waals surface area contributed by atoms with E-state index in [1.807, 2.05) is 54.5 Å². The molecule has 5 heteroatoms. The van der Waals surface area contributed by atoms with Gasteiger partial charge in [0, 0.05) is 68.7 Å². The van der Waals surface area contributed by atoms with Gasteiger partial charge in [-0.3, -0.25) is 9.55 Å². The molecular formula is C59H62N3OPt-. The number of hydrogen-bond acceptors (Lipinski definition) is 3. The van der Waals surface area contributed by atoms with E-state index in [1.165, 1.54) is 12.1 Å². The fourth-order valence-corrected chi connectivity index (χ4v) is 7.55. The van der Waals surface area contributed by atoms with Crippen LogP contribution in [-0.2, 0) is 42.7 Å². The van der Waals surface area contributed by atoms with E-state index in [1.54, 1.807) is 71.3 Å². The molecule has 0 bridgehead atoms.